The lowest BCUT2D eigenvalue weighted by Gasteiger charge is -2.15. The maximum Gasteiger partial charge on any atom is 0.393 e. The number of hydrogen-bond acceptors (Lipinski definition) is 9. The van der Waals surface area contributed by atoms with Gasteiger partial charge in [-0.2, -0.15) is 0 Å². The van der Waals surface area contributed by atoms with Gasteiger partial charge in [-0.15, -0.1) is 0 Å². The van der Waals surface area contributed by atoms with Crippen molar-refractivity contribution < 1.29 is 25.3 Å². The first-order chi connectivity index (χ1) is 15.8. The second-order valence-corrected chi connectivity index (χ2v) is 19.8. The summed E-state index contributed by atoms with van der Waals surface area (Å²) < 4.78 is 77.7. The average Bonchev–Trinajstić information content (AvgIpc) is 2.73. The average molecular weight is 573 g/mol. The van der Waals surface area contributed by atoms with Crippen molar-refractivity contribution in [2.45, 2.75) is 35.5 Å². The standard InChI is InChI=1S/C21H21BO6S6/c1-16-10-4-7-13-19(16)32(23,24)29-22(30-33(25,26)20-14-8-5-11-17(20)2)31-34(27,28)21-15-9-6-12-18(21)3/h4-15H,1-3H3. The van der Waals surface area contributed by atoms with Gasteiger partial charge in [-0.1, -0.05) is 54.6 Å². The highest BCUT2D eigenvalue weighted by molar-refractivity contribution is 9.15. The van der Waals surface area contributed by atoms with Crippen LogP contribution in [-0.4, -0.2) is 29.8 Å². The molecule has 6 nitrogen and oxygen atoms in total. The molecule has 0 unspecified atom stereocenters. The predicted molar refractivity (Wildman–Crippen MR) is 144 cm³/mol. The number of rotatable bonds is 9. The Morgan fingerprint density at radius 1 is 0.471 bits per heavy atom. The first kappa shape index (κ1) is 27.2. The highest BCUT2D eigenvalue weighted by Gasteiger charge is 2.38. The minimum absolute atomic E-state index is 0.00720. The van der Waals surface area contributed by atoms with Gasteiger partial charge in [-0.05, 0) is 87.6 Å². The molecule has 0 aliphatic heterocycles. The van der Waals surface area contributed by atoms with Gasteiger partial charge in [-0.3, -0.25) is 0 Å². The van der Waals surface area contributed by atoms with E-state index in [0.717, 1.165) is 0 Å². The third kappa shape index (κ3) is 6.44. The molecule has 0 radical (unpaired) electrons. The molecule has 0 aromatic heterocycles. The van der Waals surface area contributed by atoms with E-state index in [1.54, 1.807) is 75.4 Å². The summed E-state index contributed by atoms with van der Waals surface area (Å²) in [5.41, 5.74) is 1.44. The first-order valence-electron chi connectivity index (χ1n) is 9.80. The Kier molecular flexibility index (Phi) is 8.57. The molecule has 0 aliphatic carbocycles. The molecule has 3 aromatic rings. The second-order valence-electron chi connectivity index (χ2n) is 7.24. The smallest absolute Gasteiger partial charge is 0.213 e. The third-order valence-corrected chi connectivity index (χ3v) is 18.5. The van der Waals surface area contributed by atoms with Gasteiger partial charge >= 0.3 is 4.55 Å². The molecule has 3 aromatic carbocycles. The molecule has 0 aliphatic rings. The van der Waals surface area contributed by atoms with E-state index in [-0.39, 0.29) is 14.7 Å². The van der Waals surface area contributed by atoms with Crippen LogP contribution in [0.15, 0.2) is 87.5 Å². The van der Waals surface area contributed by atoms with Gasteiger partial charge in [0.2, 0.25) is 26.6 Å². The van der Waals surface area contributed by atoms with E-state index >= 15 is 0 Å². The minimum atomic E-state index is -4.07. The van der Waals surface area contributed by atoms with Gasteiger partial charge in [-0.25, -0.2) is 25.3 Å². The highest BCUT2D eigenvalue weighted by Crippen LogP contribution is 2.45. The molecule has 34 heavy (non-hydrogen) atoms. The Hall–Kier alpha value is -1.38. The number of benzene rings is 3. The molecule has 0 saturated heterocycles. The van der Waals surface area contributed by atoms with Crippen LogP contribution in [-0.2, 0) is 26.6 Å². The summed E-state index contributed by atoms with van der Waals surface area (Å²) >= 11 is 0. The first-order valence-corrected chi connectivity index (χ1v) is 18.4. The third-order valence-electron chi connectivity index (χ3n) is 4.70. The van der Waals surface area contributed by atoms with E-state index in [1.807, 2.05) is 0 Å². The fraction of sp³-hybridized carbons (Fsp3) is 0.143. The van der Waals surface area contributed by atoms with E-state index in [9.17, 15) is 25.3 Å². The van der Waals surface area contributed by atoms with Crippen molar-refractivity contribution >= 4 is 63.1 Å². The second kappa shape index (κ2) is 10.7. The highest BCUT2D eigenvalue weighted by atomic mass is 33.2. The Balaban J connectivity index is 2.04. The largest absolute Gasteiger partial charge is 0.393 e. The van der Waals surface area contributed by atoms with Crippen molar-refractivity contribution in [1.29, 1.82) is 0 Å². The van der Waals surface area contributed by atoms with Gasteiger partial charge in [0, 0.05) is 0 Å². The fourth-order valence-corrected chi connectivity index (χ4v) is 20.0. The Morgan fingerprint density at radius 3 is 0.941 bits per heavy atom. The molecule has 180 valence electrons. The zero-order valence-electron chi connectivity index (χ0n) is 18.4. The van der Waals surface area contributed by atoms with E-state index in [4.69, 9.17) is 0 Å². The van der Waals surface area contributed by atoms with Crippen LogP contribution in [0.2, 0.25) is 0 Å². The van der Waals surface area contributed by atoms with E-state index < -0.39 is 31.2 Å². The summed E-state index contributed by atoms with van der Waals surface area (Å²) in [7, 11) is -11.3. The lowest BCUT2D eigenvalue weighted by Crippen LogP contribution is -2.14. The molecule has 0 amide bonds. The Labute approximate surface area is 212 Å². The van der Waals surface area contributed by atoms with Crippen molar-refractivity contribution in [3.8, 4) is 0 Å². The van der Waals surface area contributed by atoms with Crippen molar-refractivity contribution in [2.24, 2.45) is 0 Å². The van der Waals surface area contributed by atoms with Gasteiger partial charge < -0.3 is 0 Å². The van der Waals surface area contributed by atoms with Crippen molar-refractivity contribution in [2.75, 3.05) is 0 Å². The van der Waals surface area contributed by atoms with E-state index in [2.05, 4.69) is 0 Å². The van der Waals surface area contributed by atoms with Gasteiger partial charge in [0.25, 0.3) is 0 Å². The Morgan fingerprint density at radius 2 is 0.706 bits per heavy atom. The monoisotopic (exact) mass is 572 g/mol. The lowest BCUT2D eigenvalue weighted by molar-refractivity contribution is 0.608. The van der Waals surface area contributed by atoms with E-state index in [1.165, 1.54) is 18.2 Å². The maximum atomic E-state index is 13.2. The maximum absolute atomic E-state index is 13.2. The molecule has 0 N–H and O–H groups in total. The van der Waals surface area contributed by atoms with E-state index in [0.29, 0.717) is 48.6 Å². The molecule has 0 heterocycles. The molecular formula is C21H21BO6S6. The van der Waals surface area contributed by atoms with Crippen LogP contribution < -0.4 is 0 Å². The predicted octanol–water partition coefficient (Wildman–Crippen LogP) is 5.26. The van der Waals surface area contributed by atoms with Crippen LogP contribution in [0.5, 0.6) is 0 Å². The molecule has 0 saturated carbocycles. The number of hydrogen-bond donors (Lipinski definition) is 0. The fourth-order valence-electron chi connectivity index (χ4n) is 3.02. The topological polar surface area (TPSA) is 102 Å². The summed E-state index contributed by atoms with van der Waals surface area (Å²) in [6.07, 6.45) is 0. The summed E-state index contributed by atoms with van der Waals surface area (Å²) in [5, 5.41) is 0. The molecule has 13 heteroatoms. The minimum Gasteiger partial charge on any atom is -0.213 e. The van der Waals surface area contributed by atoms with Crippen molar-refractivity contribution in [1.82, 2.24) is 0 Å². The quantitative estimate of drug-likeness (QED) is 0.251. The molecule has 0 spiro atoms. The SMILES string of the molecule is Cc1ccccc1S(=O)(=O)SB(SS(=O)(=O)c1ccccc1C)SS(=O)(=O)c1ccccc1C. The van der Waals surface area contributed by atoms with Crippen LogP contribution in [0.4, 0.5) is 0 Å². The van der Waals surface area contributed by atoms with Gasteiger partial charge in [0.1, 0.15) is 0 Å². The van der Waals surface area contributed by atoms with Crippen molar-refractivity contribution in [3.63, 3.8) is 0 Å². The van der Waals surface area contributed by atoms with Crippen LogP contribution in [0.25, 0.3) is 0 Å². The van der Waals surface area contributed by atoms with Crippen LogP contribution in [0, 0.1) is 20.8 Å². The summed E-state index contributed by atoms with van der Waals surface area (Å²) in [4.78, 5) is 0.0216. The summed E-state index contributed by atoms with van der Waals surface area (Å²) in [5.74, 6) is 0. The summed E-state index contributed by atoms with van der Waals surface area (Å²) in [6, 6.07) is 18.8. The molecular weight excluding hydrogens is 551 g/mol. The van der Waals surface area contributed by atoms with Crippen molar-refractivity contribution in [3.05, 3.63) is 89.5 Å². The van der Waals surface area contributed by atoms with Gasteiger partial charge in [0.15, 0.2) is 0 Å². The normalized spacial score (nSPS) is 12.4. The molecule has 3 rings (SSSR count). The van der Waals surface area contributed by atoms with Crippen LogP contribution >= 0.6 is 31.9 Å². The van der Waals surface area contributed by atoms with Crippen LogP contribution in [0.1, 0.15) is 16.7 Å². The Bertz CT molecular complexity index is 1330. The number of aryl methyl sites for hydroxylation is 3. The molecule has 0 bridgehead atoms. The van der Waals surface area contributed by atoms with Gasteiger partial charge in [0.05, 0.1) is 14.7 Å². The lowest BCUT2D eigenvalue weighted by atomic mass is 10.2. The zero-order valence-corrected chi connectivity index (χ0v) is 23.3. The van der Waals surface area contributed by atoms with Crippen LogP contribution in [0.3, 0.4) is 0 Å². The zero-order chi connectivity index (χ0) is 25.1. The molecule has 0 atom stereocenters. The summed E-state index contributed by atoms with van der Waals surface area (Å²) in [6.45, 7) is 4.87. The molecule has 0 fully saturated rings.